The molecule has 0 amide bonds. The van der Waals surface area contributed by atoms with Gasteiger partial charge >= 0.3 is 0 Å². The van der Waals surface area contributed by atoms with Gasteiger partial charge in [0.1, 0.15) is 11.5 Å². The number of hydrogen-bond acceptors (Lipinski definition) is 4. The number of ether oxygens (including phenoxy) is 2. The number of likely N-dealkylation sites (tertiary alicyclic amines) is 1. The normalized spacial score (nSPS) is 17.5. The molecule has 1 aromatic carbocycles. The van der Waals surface area contributed by atoms with Gasteiger partial charge in [-0.15, -0.1) is 0 Å². The zero-order valence-corrected chi connectivity index (χ0v) is 16.3. The molecule has 1 saturated heterocycles. The lowest BCUT2D eigenvalue weighted by atomic mass is 10.0. The van der Waals surface area contributed by atoms with E-state index >= 15 is 0 Å². The number of methoxy groups -OCH3 is 1. The van der Waals surface area contributed by atoms with Crippen molar-refractivity contribution in [1.82, 2.24) is 15.2 Å². The van der Waals surface area contributed by atoms with E-state index in [0.29, 0.717) is 24.1 Å². The minimum atomic E-state index is 0.557. The van der Waals surface area contributed by atoms with Gasteiger partial charge in [-0.2, -0.15) is 0 Å². The maximum atomic E-state index is 5.79. The summed E-state index contributed by atoms with van der Waals surface area (Å²) in [6, 6.07) is 11.4. The van der Waals surface area contributed by atoms with Crippen LogP contribution in [0.25, 0.3) is 0 Å². The molecular weight excluding hydrogens is 340 g/mol. The van der Waals surface area contributed by atoms with Crippen LogP contribution in [-0.2, 0) is 6.54 Å². The van der Waals surface area contributed by atoms with E-state index in [9.17, 15) is 0 Å². The molecule has 1 unspecified atom stereocenters. The van der Waals surface area contributed by atoms with E-state index in [1.54, 1.807) is 7.11 Å². The highest BCUT2D eigenvalue weighted by molar-refractivity contribution is 5.79. The Bertz CT molecular complexity index is 761. The zero-order chi connectivity index (χ0) is 19.1. The molecule has 0 bridgehead atoms. The molecule has 1 aliphatic rings. The van der Waals surface area contributed by atoms with Crippen molar-refractivity contribution < 1.29 is 9.47 Å². The lowest BCUT2D eigenvalue weighted by molar-refractivity contribution is 0.266. The molecule has 1 aliphatic heterocycles. The highest BCUT2D eigenvalue weighted by atomic mass is 16.5. The largest absolute Gasteiger partial charge is 0.497 e. The Morgan fingerprint density at radius 3 is 2.85 bits per heavy atom. The molecule has 6 nitrogen and oxygen atoms in total. The molecular formula is C21H28N4O2. The second-order valence-corrected chi connectivity index (χ2v) is 6.88. The van der Waals surface area contributed by atoms with Gasteiger partial charge in [0.05, 0.1) is 7.11 Å². The summed E-state index contributed by atoms with van der Waals surface area (Å²) < 4.78 is 11.0. The Labute approximate surface area is 161 Å². The van der Waals surface area contributed by atoms with E-state index in [1.807, 2.05) is 49.6 Å². The van der Waals surface area contributed by atoms with Gasteiger partial charge < -0.3 is 19.7 Å². The fraction of sp³-hybridized carbons (Fsp3) is 0.429. The molecule has 1 atom stereocenters. The Morgan fingerprint density at radius 2 is 2.15 bits per heavy atom. The van der Waals surface area contributed by atoms with Gasteiger partial charge in [-0.3, -0.25) is 4.99 Å². The van der Waals surface area contributed by atoms with Crippen molar-refractivity contribution in [3.63, 3.8) is 0 Å². The zero-order valence-electron chi connectivity index (χ0n) is 16.3. The second-order valence-electron chi connectivity index (χ2n) is 6.88. The smallest absolute Gasteiger partial charge is 0.219 e. The van der Waals surface area contributed by atoms with Crippen molar-refractivity contribution >= 4 is 5.96 Å². The van der Waals surface area contributed by atoms with Crippen LogP contribution in [0.1, 0.15) is 25.3 Å². The van der Waals surface area contributed by atoms with Crippen molar-refractivity contribution in [1.29, 1.82) is 0 Å². The fourth-order valence-corrected chi connectivity index (χ4v) is 3.26. The molecule has 0 radical (unpaired) electrons. The van der Waals surface area contributed by atoms with E-state index in [1.165, 1.54) is 12.8 Å². The van der Waals surface area contributed by atoms with Gasteiger partial charge in [0.25, 0.3) is 0 Å². The highest BCUT2D eigenvalue weighted by Gasteiger charge is 2.18. The number of piperidine rings is 1. The summed E-state index contributed by atoms with van der Waals surface area (Å²) in [7, 11) is 3.47. The third kappa shape index (κ3) is 5.36. The van der Waals surface area contributed by atoms with Crippen molar-refractivity contribution in [2.45, 2.75) is 26.3 Å². The number of benzene rings is 1. The molecule has 27 heavy (non-hydrogen) atoms. The van der Waals surface area contributed by atoms with Crippen LogP contribution in [-0.4, -0.2) is 43.1 Å². The predicted molar refractivity (Wildman–Crippen MR) is 107 cm³/mol. The molecule has 0 saturated carbocycles. The van der Waals surface area contributed by atoms with Crippen LogP contribution < -0.4 is 14.8 Å². The molecule has 1 aromatic heterocycles. The SMILES string of the molecule is CN=C(NCc1ccc(Oc2cccc(OC)c2)nc1)N1CCCC(C)C1. The number of hydrogen-bond donors (Lipinski definition) is 1. The van der Waals surface area contributed by atoms with Crippen LogP contribution in [0.15, 0.2) is 47.6 Å². The summed E-state index contributed by atoms with van der Waals surface area (Å²) in [4.78, 5) is 11.2. The van der Waals surface area contributed by atoms with Crippen LogP contribution in [0.3, 0.4) is 0 Å². The first-order valence-corrected chi connectivity index (χ1v) is 9.40. The van der Waals surface area contributed by atoms with Crippen molar-refractivity contribution in [3.8, 4) is 17.4 Å². The molecule has 0 aliphatic carbocycles. The molecule has 1 fully saturated rings. The number of nitrogens with one attached hydrogen (secondary N) is 1. The van der Waals surface area contributed by atoms with Gasteiger partial charge in [-0.05, 0) is 36.5 Å². The van der Waals surface area contributed by atoms with Crippen molar-refractivity contribution in [3.05, 3.63) is 48.2 Å². The maximum Gasteiger partial charge on any atom is 0.219 e. The number of aromatic nitrogens is 1. The fourth-order valence-electron chi connectivity index (χ4n) is 3.26. The van der Waals surface area contributed by atoms with Crippen LogP contribution in [0.4, 0.5) is 0 Å². The number of pyridine rings is 1. The molecule has 6 heteroatoms. The third-order valence-electron chi connectivity index (χ3n) is 4.68. The Hall–Kier alpha value is -2.76. The van der Waals surface area contributed by atoms with Crippen LogP contribution in [0, 0.1) is 5.92 Å². The predicted octanol–water partition coefficient (Wildman–Crippen LogP) is 3.69. The quantitative estimate of drug-likeness (QED) is 0.644. The first-order valence-electron chi connectivity index (χ1n) is 9.40. The Morgan fingerprint density at radius 1 is 1.30 bits per heavy atom. The van der Waals surface area contributed by atoms with Gasteiger partial charge in [0, 0.05) is 45.0 Å². The number of nitrogens with zero attached hydrogens (tertiary/aromatic N) is 3. The summed E-state index contributed by atoms with van der Waals surface area (Å²) in [6.45, 7) is 5.11. The summed E-state index contributed by atoms with van der Waals surface area (Å²) in [5, 5.41) is 3.44. The molecule has 2 heterocycles. The van der Waals surface area contributed by atoms with Crippen LogP contribution in [0.2, 0.25) is 0 Å². The summed E-state index contributed by atoms with van der Waals surface area (Å²) in [5.74, 6) is 3.69. The Kier molecular flexibility index (Phi) is 6.52. The van der Waals surface area contributed by atoms with Crippen LogP contribution in [0.5, 0.6) is 17.4 Å². The van der Waals surface area contributed by atoms with Gasteiger partial charge in [0.15, 0.2) is 5.96 Å². The topological polar surface area (TPSA) is 59.0 Å². The summed E-state index contributed by atoms with van der Waals surface area (Å²) in [6.07, 6.45) is 4.35. The van der Waals surface area contributed by atoms with Crippen molar-refractivity contribution in [2.75, 3.05) is 27.2 Å². The number of aliphatic imine (C=N–C) groups is 1. The minimum Gasteiger partial charge on any atom is -0.497 e. The van der Waals surface area contributed by atoms with Gasteiger partial charge in [-0.1, -0.05) is 19.1 Å². The third-order valence-corrected chi connectivity index (χ3v) is 4.68. The molecule has 1 N–H and O–H groups in total. The lowest BCUT2D eigenvalue weighted by Gasteiger charge is -2.33. The average Bonchev–Trinajstić information content (AvgIpc) is 2.70. The summed E-state index contributed by atoms with van der Waals surface area (Å²) in [5.41, 5.74) is 1.08. The standard InChI is InChI=1S/C21H28N4O2/c1-16-6-5-11-25(15-16)21(22-2)24-14-17-9-10-20(23-13-17)27-19-8-4-7-18(12-19)26-3/h4,7-10,12-13,16H,5-6,11,14-15H2,1-3H3,(H,22,24). The van der Waals surface area contributed by atoms with E-state index in [0.717, 1.165) is 30.4 Å². The second kappa shape index (κ2) is 9.26. The van der Waals surface area contributed by atoms with Crippen LogP contribution >= 0.6 is 0 Å². The molecule has 2 aromatic rings. The van der Waals surface area contributed by atoms with E-state index in [4.69, 9.17) is 9.47 Å². The molecule has 0 spiro atoms. The maximum absolute atomic E-state index is 5.79. The number of rotatable bonds is 5. The van der Waals surface area contributed by atoms with E-state index in [-0.39, 0.29) is 0 Å². The van der Waals surface area contributed by atoms with E-state index in [2.05, 4.69) is 27.1 Å². The minimum absolute atomic E-state index is 0.557. The van der Waals surface area contributed by atoms with E-state index < -0.39 is 0 Å². The Balaban J connectivity index is 1.55. The average molecular weight is 368 g/mol. The lowest BCUT2D eigenvalue weighted by Crippen LogP contribution is -2.45. The molecule has 144 valence electrons. The summed E-state index contributed by atoms with van der Waals surface area (Å²) >= 11 is 0. The number of guanidine groups is 1. The first-order chi connectivity index (χ1) is 13.2. The monoisotopic (exact) mass is 368 g/mol. The highest BCUT2D eigenvalue weighted by Crippen LogP contribution is 2.23. The van der Waals surface area contributed by atoms with Gasteiger partial charge in [-0.25, -0.2) is 4.98 Å². The molecule has 3 rings (SSSR count). The first kappa shape index (κ1) is 19.0. The van der Waals surface area contributed by atoms with Gasteiger partial charge in [0.2, 0.25) is 5.88 Å². The van der Waals surface area contributed by atoms with Crippen molar-refractivity contribution in [2.24, 2.45) is 10.9 Å².